The number of benzene rings is 2. The summed E-state index contributed by atoms with van der Waals surface area (Å²) in [6.45, 7) is 2.52. The van der Waals surface area contributed by atoms with Crippen molar-refractivity contribution >= 4 is 49.9 Å². The topological polar surface area (TPSA) is 79.4 Å². The second-order valence-electron chi connectivity index (χ2n) is 7.73. The Labute approximate surface area is 196 Å². The summed E-state index contributed by atoms with van der Waals surface area (Å²) in [5, 5.41) is 7.09. The molecule has 1 amide bonds. The van der Waals surface area contributed by atoms with Crippen LogP contribution in [0, 0.1) is 0 Å². The molecule has 3 aromatic rings. The summed E-state index contributed by atoms with van der Waals surface area (Å²) in [6.07, 6.45) is 7.34. The van der Waals surface area contributed by atoms with E-state index in [1.54, 1.807) is 13.2 Å². The molecule has 1 aliphatic heterocycles. The maximum Gasteiger partial charge on any atom is 0.248 e. The summed E-state index contributed by atoms with van der Waals surface area (Å²) in [4.78, 5) is 23.5. The number of hydrogen-bond acceptors (Lipinski definition) is 6. The summed E-state index contributed by atoms with van der Waals surface area (Å²) in [5.74, 6) is 0.517. The molecule has 0 unspecified atom stereocenters. The lowest BCUT2D eigenvalue weighted by molar-refractivity contribution is -0.111. The van der Waals surface area contributed by atoms with Gasteiger partial charge in [-0.1, -0.05) is 28.1 Å². The number of fused-ring (bicyclic) bond motifs is 1. The van der Waals surface area contributed by atoms with Crippen LogP contribution in [-0.4, -0.2) is 53.6 Å². The zero-order valence-corrected chi connectivity index (χ0v) is 19.5. The number of carbonyl (C=O) groups excluding carboxylic acids is 1. The van der Waals surface area contributed by atoms with Gasteiger partial charge in [0.25, 0.3) is 0 Å². The highest BCUT2D eigenvalue weighted by molar-refractivity contribution is 9.10. The van der Waals surface area contributed by atoms with Gasteiger partial charge in [0.1, 0.15) is 12.1 Å². The van der Waals surface area contributed by atoms with E-state index in [1.807, 2.05) is 48.5 Å². The van der Waals surface area contributed by atoms with Gasteiger partial charge in [0.2, 0.25) is 5.91 Å². The lowest BCUT2D eigenvalue weighted by Crippen LogP contribution is -2.33. The molecule has 166 valence electrons. The van der Waals surface area contributed by atoms with Crippen LogP contribution in [0.25, 0.3) is 10.9 Å². The first-order valence-corrected chi connectivity index (χ1v) is 11.4. The van der Waals surface area contributed by atoms with Crippen molar-refractivity contribution in [3.8, 4) is 0 Å². The van der Waals surface area contributed by atoms with E-state index in [0.29, 0.717) is 17.5 Å². The molecule has 0 radical (unpaired) electrons. The molecule has 32 heavy (non-hydrogen) atoms. The fraction of sp³-hybridized carbons (Fsp3) is 0.292. The third-order valence-electron chi connectivity index (χ3n) is 5.46. The van der Waals surface area contributed by atoms with Gasteiger partial charge in [0, 0.05) is 47.0 Å². The minimum atomic E-state index is -0.162. The van der Waals surface area contributed by atoms with Crippen LogP contribution in [0.5, 0.6) is 0 Å². The van der Waals surface area contributed by atoms with Crippen molar-refractivity contribution < 1.29 is 9.53 Å². The van der Waals surface area contributed by atoms with Crippen molar-refractivity contribution in [3.05, 3.63) is 65.4 Å². The van der Waals surface area contributed by atoms with Gasteiger partial charge in [-0.15, -0.1) is 0 Å². The number of halogens is 1. The molecule has 1 saturated heterocycles. The van der Waals surface area contributed by atoms with E-state index in [1.165, 1.54) is 12.7 Å². The second-order valence-corrected chi connectivity index (χ2v) is 8.64. The molecule has 2 N–H and O–H groups in total. The molecular weight excluding hydrogens is 470 g/mol. The third-order valence-corrected chi connectivity index (χ3v) is 5.95. The predicted molar refractivity (Wildman–Crippen MR) is 131 cm³/mol. The van der Waals surface area contributed by atoms with E-state index in [9.17, 15) is 4.79 Å². The van der Waals surface area contributed by atoms with E-state index >= 15 is 0 Å². The predicted octanol–water partition coefficient (Wildman–Crippen LogP) is 4.74. The van der Waals surface area contributed by atoms with Crippen LogP contribution in [0.15, 0.2) is 65.4 Å². The van der Waals surface area contributed by atoms with Crippen molar-refractivity contribution in [3.63, 3.8) is 0 Å². The Bertz CT molecular complexity index is 1120. The number of aromatic nitrogens is 2. The van der Waals surface area contributed by atoms with Gasteiger partial charge in [-0.3, -0.25) is 9.69 Å². The van der Waals surface area contributed by atoms with E-state index in [-0.39, 0.29) is 5.91 Å². The van der Waals surface area contributed by atoms with Crippen molar-refractivity contribution in [2.24, 2.45) is 0 Å². The average Bonchev–Trinajstić information content (AvgIpc) is 3.21. The van der Waals surface area contributed by atoms with Crippen molar-refractivity contribution in [2.75, 3.05) is 37.4 Å². The lowest BCUT2D eigenvalue weighted by Gasteiger charge is -2.21. The molecule has 0 bridgehead atoms. The third kappa shape index (κ3) is 5.70. The molecule has 2 heterocycles. The highest BCUT2D eigenvalue weighted by Crippen LogP contribution is 2.27. The fourth-order valence-electron chi connectivity index (χ4n) is 3.93. The number of nitrogens with one attached hydrogen (secondary N) is 2. The first kappa shape index (κ1) is 22.4. The highest BCUT2D eigenvalue weighted by Gasteiger charge is 2.22. The Balaban J connectivity index is 1.43. The van der Waals surface area contributed by atoms with Crippen molar-refractivity contribution in [2.45, 2.75) is 18.9 Å². The van der Waals surface area contributed by atoms with Gasteiger partial charge in [-0.2, -0.15) is 0 Å². The summed E-state index contributed by atoms with van der Waals surface area (Å²) >= 11 is 3.48. The van der Waals surface area contributed by atoms with E-state index in [2.05, 4.69) is 41.4 Å². The van der Waals surface area contributed by atoms with Gasteiger partial charge in [-0.25, -0.2) is 9.97 Å². The van der Waals surface area contributed by atoms with Crippen molar-refractivity contribution in [1.29, 1.82) is 0 Å². The van der Waals surface area contributed by atoms with Crippen LogP contribution in [0.2, 0.25) is 0 Å². The summed E-state index contributed by atoms with van der Waals surface area (Å²) < 4.78 is 6.26. The number of likely N-dealkylation sites (tertiary alicyclic amines) is 1. The van der Waals surface area contributed by atoms with Crippen LogP contribution in [-0.2, 0) is 9.53 Å². The number of ether oxygens (including phenoxy) is 1. The first-order chi connectivity index (χ1) is 15.6. The lowest BCUT2D eigenvalue weighted by atomic mass is 10.2. The quantitative estimate of drug-likeness (QED) is 0.439. The fourth-order valence-corrected chi connectivity index (χ4v) is 4.33. The van der Waals surface area contributed by atoms with E-state index in [4.69, 9.17) is 4.74 Å². The maximum absolute atomic E-state index is 12.4. The monoisotopic (exact) mass is 495 g/mol. The molecule has 0 spiro atoms. The number of carbonyl (C=O) groups is 1. The second kappa shape index (κ2) is 10.7. The van der Waals surface area contributed by atoms with E-state index < -0.39 is 0 Å². The Kier molecular flexibility index (Phi) is 7.47. The summed E-state index contributed by atoms with van der Waals surface area (Å²) in [7, 11) is 1.73. The van der Waals surface area contributed by atoms with Crippen LogP contribution < -0.4 is 10.6 Å². The Hall–Kier alpha value is -2.81. The number of rotatable bonds is 8. The van der Waals surface area contributed by atoms with Crippen LogP contribution in [0.1, 0.15) is 12.8 Å². The molecule has 1 aromatic heterocycles. The molecule has 1 aliphatic rings. The largest absolute Gasteiger partial charge is 0.383 e. The van der Waals surface area contributed by atoms with Crippen LogP contribution in [0.4, 0.5) is 17.2 Å². The Morgan fingerprint density at radius 3 is 3.00 bits per heavy atom. The highest BCUT2D eigenvalue weighted by atomic mass is 79.9. The number of hydrogen-bond donors (Lipinski definition) is 2. The molecule has 4 rings (SSSR count). The van der Waals surface area contributed by atoms with Gasteiger partial charge >= 0.3 is 0 Å². The minimum Gasteiger partial charge on any atom is -0.383 e. The first-order valence-electron chi connectivity index (χ1n) is 10.6. The Morgan fingerprint density at radius 2 is 2.16 bits per heavy atom. The molecule has 2 aromatic carbocycles. The Morgan fingerprint density at radius 1 is 1.25 bits per heavy atom. The minimum absolute atomic E-state index is 0.162. The number of nitrogens with zero attached hydrogens (tertiary/aromatic N) is 3. The molecule has 7 nitrogen and oxygen atoms in total. The number of anilines is 3. The molecule has 1 atom stereocenters. The standard InChI is InChI=1S/C24H26BrN5O2/c1-32-15-20-7-3-11-30(20)12-4-8-23(31)28-19-9-10-22-21(14-19)24(27-16-26-22)29-18-6-2-5-17(25)13-18/h2,4-6,8-10,13-14,16,20H,3,7,11-12,15H2,1H3,(H,28,31)(H,26,27,29)/b8-4+/t20-/m0/s1. The molecule has 0 saturated carbocycles. The molecular formula is C24H26BrN5O2. The normalized spacial score (nSPS) is 16.6. The van der Waals surface area contributed by atoms with Crippen LogP contribution in [0.3, 0.4) is 0 Å². The maximum atomic E-state index is 12.4. The van der Waals surface area contributed by atoms with Gasteiger partial charge in [-0.05, 0) is 55.8 Å². The summed E-state index contributed by atoms with van der Waals surface area (Å²) in [5.41, 5.74) is 2.40. The van der Waals surface area contributed by atoms with Crippen molar-refractivity contribution in [1.82, 2.24) is 14.9 Å². The average molecular weight is 496 g/mol. The molecule has 8 heteroatoms. The van der Waals surface area contributed by atoms with Gasteiger partial charge in [0.05, 0.1) is 12.1 Å². The van der Waals surface area contributed by atoms with E-state index in [0.717, 1.165) is 47.2 Å². The molecule has 0 aliphatic carbocycles. The van der Waals surface area contributed by atoms with Gasteiger partial charge < -0.3 is 15.4 Å². The molecule has 1 fully saturated rings. The number of amides is 1. The smallest absolute Gasteiger partial charge is 0.248 e. The zero-order chi connectivity index (χ0) is 22.3. The van der Waals surface area contributed by atoms with Gasteiger partial charge in [0.15, 0.2) is 0 Å². The SMILES string of the molecule is COC[C@@H]1CCCN1C/C=C/C(=O)Nc1ccc2ncnc(Nc3cccc(Br)c3)c2c1. The van der Waals surface area contributed by atoms with Crippen LogP contribution >= 0.6 is 15.9 Å². The number of methoxy groups -OCH3 is 1. The zero-order valence-electron chi connectivity index (χ0n) is 17.9. The summed E-state index contributed by atoms with van der Waals surface area (Å²) in [6, 6.07) is 13.9.